The van der Waals surface area contributed by atoms with E-state index in [1.165, 1.54) is 0 Å². The summed E-state index contributed by atoms with van der Waals surface area (Å²) in [6.07, 6.45) is 3.00. The minimum absolute atomic E-state index is 0.0166. The van der Waals surface area contributed by atoms with Gasteiger partial charge in [0.2, 0.25) is 5.91 Å². The Kier molecular flexibility index (Phi) is 5.95. The number of piperazine rings is 1. The molecular formula is C28H33N3O4. The largest absolute Gasteiger partial charge is 0.493 e. The van der Waals surface area contributed by atoms with Crippen LogP contribution in [0.15, 0.2) is 42.5 Å². The molecule has 2 aliphatic heterocycles. The van der Waals surface area contributed by atoms with Crippen molar-refractivity contribution >= 4 is 22.7 Å². The fourth-order valence-corrected chi connectivity index (χ4v) is 5.88. The number of carbonyl (C=O) groups excluding carboxylic acids is 2. The number of aromatic nitrogens is 1. The number of H-pyrrole nitrogens is 1. The molecule has 7 nitrogen and oxygen atoms in total. The number of hydrogen-bond donors (Lipinski definition) is 1. The van der Waals surface area contributed by atoms with Crippen LogP contribution in [-0.2, 0) is 15.1 Å². The molecule has 0 saturated carbocycles. The minimum atomic E-state index is -1.08. The summed E-state index contributed by atoms with van der Waals surface area (Å²) in [6.45, 7) is 5.14. The molecule has 2 amide bonds. The molecule has 2 aromatic carbocycles. The Hall–Kier alpha value is -3.48. The van der Waals surface area contributed by atoms with E-state index >= 15 is 0 Å². The van der Waals surface area contributed by atoms with E-state index in [1.54, 1.807) is 24.0 Å². The van der Waals surface area contributed by atoms with Gasteiger partial charge >= 0.3 is 0 Å². The topological polar surface area (TPSA) is 74.9 Å². The van der Waals surface area contributed by atoms with E-state index in [-0.39, 0.29) is 24.3 Å². The van der Waals surface area contributed by atoms with Gasteiger partial charge in [0.25, 0.3) is 5.91 Å². The second kappa shape index (κ2) is 8.95. The highest BCUT2D eigenvalue weighted by Gasteiger charge is 2.56. The van der Waals surface area contributed by atoms with Crippen molar-refractivity contribution in [2.24, 2.45) is 0 Å². The molecule has 7 heteroatoms. The van der Waals surface area contributed by atoms with E-state index in [4.69, 9.17) is 9.47 Å². The van der Waals surface area contributed by atoms with Gasteiger partial charge in [0.15, 0.2) is 17.0 Å². The number of aromatic amines is 1. The highest BCUT2D eigenvalue weighted by molar-refractivity contribution is 6.01. The Labute approximate surface area is 206 Å². The first-order chi connectivity index (χ1) is 16.9. The van der Waals surface area contributed by atoms with Crippen LogP contribution in [-0.4, -0.2) is 60.5 Å². The molecule has 3 aromatic rings. The van der Waals surface area contributed by atoms with E-state index < -0.39 is 5.54 Å². The van der Waals surface area contributed by atoms with Gasteiger partial charge in [-0.3, -0.25) is 9.59 Å². The first-order valence-corrected chi connectivity index (χ1v) is 12.4. The van der Waals surface area contributed by atoms with E-state index in [0.717, 1.165) is 47.0 Å². The number of benzene rings is 2. The van der Waals surface area contributed by atoms with Crippen LogP contribution in [0.3, 0.4) is 0 Å². The van der Waals surface area contributed by atoms with E-state index in [0.29, 0.717) is 24.6 Å². The van der Waals surface area contributed by atoms with Crippen LogP contribution in [0.1, 0.15) is 55.8 Å². The number of fused-ring (bicyclic) bond motifs is 5. The SMILES string of the molecule is CCCCCN1CC(=O)N2CC(c3cccc(OC)c3OC)c3c([nH]c4ccccc34)[C@@]2(C)C1=O. The average Bonchev–Trinajstić information content (AvgIpc) is 3.27. The standard InChI is InChI=1S/C28H33N3O4/c1-5-6-9-15-30-17-23(32)31-16-20(18-12-10-14-22(34-3)25(18)35-4)24-19-11-7-8-13-21(19)29-26(24)28(31,2)27(30)33/h7-8,10-14,20,29H,5-6,9,15-17H2,1-4H3/t20?,28-/m0/s1. The second-order valence-corrected chi connectivity index (χ2v) is 9.60. The van der Waals surface area contributed by atoms with Crippen molar-refractivity contribution < 1.29 is 19.1 Å². The van der Waals surface area contributed by atoms with Gasteiger partial charge in [-0.2, -0.15) is 0 Å². The quantitative estimate of drug-likeness (QED) is 0.514. The normalized spacial score (nSPS) is 21.8. The zero-order valence-electron chi connectivity index (χ0n) is 20.9. The van der Waals surface area contributed by atoms with Crippen molar-refractivity contribution in [1.29, 1.82) is 0 Å². The van der Waals surface area contributed by atoms with Crippen molar-refractivity contribution in [3.63, 3.8) is 0 Å². The van der Waals surface area contributed by atoms with E-state index in [1.807, 2.05) is 43.3 Å². The summed E-state index contributed by atoms with van der Waals surface area (Å²) in [5.74, 6) is 1.07. The maximum Gasteiger partial charge on any atom is 0.254 e. The third kappa shape index (κ3) is 3.48. The van der Waals surface area contributed by atoms with Gasteiger partial charge in [0.05, 0.1) is 26.5 Å². The van der Waals surface area contributed by atoms with Crippen molar-refractivity contribution in [3.8, 4) is 11.5 Å². The van der Waals surface area contributed by atoms with Crippen LogP contribution in [0, 0.1) is 0 Å². The third-order valence-electron chi connectivity index (χ3n) is 7.66. The summed E-state index contributed by atoms with van der Waals surface area (Å²) < 4.78 is 11.4. The summed E-state index contributed by atoms with van der Waals surface area (Å²) >= 11 is 0. The molecule has 0 bridgehead atoms. The number of ether oxygens (including phenoxy) is 2. The lowest BCUT2D eigenvalue weighted by atomic mass is 9.76. The summed E-state index contributed by atoms with van der Waals surface area (Å²) in [5.41, 5.74) is 2.64. The Bertz CT molecular complexity index is 1280. The van der Waals surface area contributed by atoms with Crippen LogP contribution in [0.2, 0.25) is 0 Å². The average molecular weight is 476 g/mol. The summed E-state index contributed by atoms with van der Waals surface area (Å²) in [7, 11) is 3.25. The Morgan fingerprint density at radius 3 is 2.60 bits per heavy atom. The van der Waals surface area contributed by atoms with Crippen molar-refractivity contribution in [3.05, 3.63) is 59.3 Å². The highest BCUT2D eigenvalue weighted by atomic mass is 16.5. The van der Waals surface area contributed by atoms with Gasteiger partial charge in [-0.15, -0.1) is 0 Å². The predicted octanol–water partition coefficient (Wildman–Crippen LogP) is 4.41. The first kappa shape index (κ1) is 23.3. The number of para-hydroxylation sites is 2. The molecule has 0 aliphatic carbocycles. The summed E-state index contributed by atoms with van der Waals surface area (Å²) in [4.78, 5) is 34.6. The van der Waals surface area contributed by atoms with Crippen LogP contribution in [0.4, 0.5) is 0 Å². The number of rotatable bonds is 7. The van der Waals surface area contributed by atoms with Crippen LogP contribution in [0.25, 0.3) is 10.9 Å². The molecule has 1 unspecified atom stereocenters. The molecule has 35 heavy (non-hydrogen) atoms. The molecule has 2 atom stereocenters. The van der Waals surface area contributed by atoms with E-state index in [2.05, 4.69) is 18.0 Å². The summed E-state index contributed by atoms with van der Waals surface area (Å²) in [6, 6.07) is 13.9. The second-order valence-electron chi connectivity index (χ2n) is 9.60. The first-order valence-electron chi connectivity index (χ1n) is 12.4. The number of methoxy groups -OCH3 is 2. The zero-order valence-corrected chi connectivity index (χ0v) is 20.9. The number of carbonyl (C=O) groups is 2. The monoisotopic (exact) mass is 475 g/mol. The van der Waals surface area contributed by atoms with Gasteiger partial charge in [0.1, 0.15) is 0 Å². The third-order valence-corrected chi connectivity index (χ3v) is 7.66. The van der Waals surface area contributed by atoms with Crippen molar-refractivity contribution in [2.45, 2.75) is 44.6 Å². The number of unbranched alkanes of at least 4 members (excludes halogenated alkanes) is 2. The van der Waals surface area contributed by atoms with Crippen molar-refractivity contribution in [2.75, 3.05) is 33.9 Å². The lowest BCUT2D eigenvalue weighted by Crippen LogP contribution is -2.67. The lowest BCUT2D eigenvalue weighted by Gasteiger charge is -2.51. The van der Waals surface area contributed by atoms with Crippen LogP contribution < -0.4 is 9.47 Å². The zero-order chi connectivity index (χ0) is 24.7. The highest BCUT2D eigenvalue weighted by Crippen LogP contribution is 2.50. The van der Waals surface area contributed by atoms with Gasteiger partial charge in [-0.05, 0) is 31.0 Å². The van der Waals surface area contributed by atoms with Gasteiger partial charge in [-0.1, -0.05) is 50.1 Å². The molecule has 1 fully saturated rings. The van der Waals surface area contributed by atoms with Crippen LogP contribution >= 0.6 is 0 Å². The molecular weight excluding hydrogens is 442 g/mol. The smallest absolute Gasteiger partial charge is 0.254 e. The lowest BCUT2D eigenvalue weighted by molar-refractivity contribution is -0.166. The number of amides is 2. The fourth-order valence-electron chi connectivity index (χ4n) is 5.88. The van der Waals surface area contributed by atoms with Gasteiger partial charge in [-0.25, -0.2) is 0 Å². The van der Waals surface area contributed by atoms with Gasteiger partial charge in [0, 0.05) is 35.5 Å². The molecule has 2 aliphatic rings. The number of nitrogens with zero attached hydrogens (tertiary/aromatic N) is 2. The molecule has 3 heterocycles. The predicted molar refractivity (Wildman–Crippen MR) is 135 cm³/mol. The molecule has 0 spiro atoms. The molecule has 1 N–H and O–H groups in total. The molecule has 1 saturated heterocycles. The number of nitrogens with one attached hydrogen (secondary N) is 1. The van der Waals surface area contributed by atoms with Crippen LogP contribution in [0.5, 0.6) is 11.5 Å². The Balaban J connectivity index is 1.71. The molecule has 5 rings (SSSR count). The maximum atomic E-state index is 14.0. The molecule has 1 aromatic heterocycles. The Morgan fingerprint density at radius 2 is 1.86 bits per heavy atom. The number of hydrogen-bond acceptors (Lipinski definition) is 4. The van der Waals surface area contributed by atoms with Gasteiger partial charge < -0.3 is 24.3 Å². The Morgan fingerprint density at radius 1 is 1.06 bits per heavy atom. The van der Waals surface area contributed by atoms with Crippen molar-refractivity contribution in [1.82, 2.24) is 14.8 Å². The fraction of sp³-hybridized carbons (Fsp3) is 0.429. The molecule has 0 radical (unpaired) electrons. The minimum Gasteiger partial charge on any atom is -0.493 e. The van der Waals surface area contributed by atoms with E-state index in [9.17, 15) is 9.59 Å². The summed E-state index contributed by atoms with van der Waals surface area (Å²) in [5, 5.41) is 1.06. The molecule has 184 valence electrons. The maximum absolute atomic E-state index is 14.0.